The fourth-order valence-electron chi connectivity index (χ4n) is 3.93. The molecule has 3 atom stereocenters. The van der Waals surface area contributed by atoms with Gasteiger partial charge >= 0.3 is 0 Å². The normalized spacial score (nSPS) is 25.1. The van der Waals surface area contributed by atoms with Crippen LogP contribution in [0.1, 0.15) is 39.0 Å². The number of carbonyl (C=O) groups is 2. The standard InChI is InChI=1S/C20H26N2O5/c1-13(4-6-16-3-2-8-25-16)21-20(24)14-9-19(23)22(11-14)15-5-7-17-18(10-15)27-12-26-17/h5,7,10,13-14,16H,2-4,6,8-9,11-12H2,1H3,(H,21,24). The smallest absolute Gasteiger partial charge is 0.231 e. The molecule has 27 heavy (non-hydrogen) atoms. The molecule has 1 aromatic carbocycles. The maximum Gasteiger partial charge on any atom is 0.231 e. The fourth-order valence-corrected chi connectivity index (χ4v) is 3.93. The van der Waals surface area contributed by atoms with E-state index in [1.54, 1.807) is 17.0 Å². The Morgan fingerprint density at radius 3 is 3.00 bits per heavy atom. The molecule has 0 aliphatic carbocycles. The average Bonchev–Trinajstić information content (AvgIpc) is 3.39. The van der Waals surface area contributed by atoms with E-state index < -0.39 is 0 Å². The molecule has 1 N–H and O–H groups in total. The summed E-state index contributed by atoms with van der Waals surface area (Å²) in [6.45, 7) is 3.45. The third kappa shape index (κ3) is 4.03. The number of hydrogen-bond acceptors (Lipinski definition) is 5. The molecule has 2 amide bonds. The highest BCUT2D eigenvalue weighted by atomic mass is 16.7. The number of anilines is 1. The van der Waals surface area contributed by atoms with Gasteiger partial charge in [-0.1, -0.05) is 0 Å². The number of fused-ring (bicyclic) bond motifs is 1. The maximum absolute atomic E-state index is 12.6. The fraction of sp³-hybridized carbons (Fsp3) is 0.600. The maximum atomic E-state index is 12.6. The van der Waals surface area contributed by atoms with Crippen molar-refractivity contribution < 1.29 is 23.8 Å². The summed E-state index contributed by atoms with van der Waals surface area (Å²) in [4.78, 5) is 26.7. The van der Waals surface area contributed by atoms with E-state index in [0.29, 0.717) is 24.1 Å². The van der Waals surface area contributed by atoms with Crippen molar-refractivity contribution in [2.24, 2.45) is 5.92 Å². The Bertz CT molecular complexity index is 716. The molecule has 0 radical (unpaired) electrons. The number of hydrogen-bond donors (Lipinski definition) is 1. The summed E-state index contributed by atoms with van der Waals surface area (Å²) >= 11 is 0. The first-order chi connectivity index (χ1) is 13.1. The third-order valence-electron chi connectivity index (χ3n) is 5.50. The van der Waals surface area contributed by atoms with E-state index in [1.165, 1.54) is 0 Å². The first-order valence-corrected chi connectivity index (χ1v) is 9.72. The SMILES string of the molecule is CC(CCC1CCCO1)NC(=O)C1CC(=O)N(c2ccc3c(c2)OCO3)C1. The van der Waals surface area contributed by atoms with Crippen LogP contribution in [0.3, 0.4) is 0 Å². The zero-order chi connectivity index (χ0) is 18.8. The second-order valence-electron chi connectivity index (χ2n) is 7.56. The number of carbonyl (C=O) groups excluding carboxylic acids is 2. The van der Waals surface area contributed by atoms with Gasteiger partial charge in [0.1, 0.15) is 0 Å². The lowest BCUT2D eigenvalue weighted by atomic mass is 10.0. The first kappa shape index (κ1) is 18.1. The van der Waals surface area contributed by atoms with E-state index >= 15 is 0 Å². The predicted molar refractivity (Wildman–Crippen MR) is 98.8 cm³/mol. The van der Waals surface area contributed by atoms with Gasteiger partial charge in [-0.15, -0.1) is 0 Å². The minimum absolute atomic E-state index is 0.0407. The van der Waals surface area contributed by atoms with Crippen LogP contribution in [0, 0.1) is 5.92 Å². The van der Waals surface area contributed by atoms with E-state index in [-0.39, 0.29) is 37.0 Å². The van der Waals surface area contributed by atoms with Crippen molar-refractivity contribution in [3.63, 3.8) is 0 Å². The minimum Gasteiger partial charge on any atom is -0.454 e. The van der Waals surface area contributed by atoms with Crippen molar-refractivity contribution in [2.45, 2.75) is 51.2 Å². The molecule has 3 heterocycles. The van der Waals surface area contributed by atoms with Crippen LogP contribution in [0.2, 0.25) is 0 Å². The molecule has 7 heteroatoms. The molecule has 1 aromatic rings. The van der Waals surface area contributed by atoms with Crippen LogP contribution in [0.25, 0.3) is 0 Å². The second-order valence-corrected chi connectivity index (χ2v) is 7.56. The van der Waals surface area contributed by atoms with Gasteiger partial charge in [-0.3, -0.25) is 9.59 Å². The summed E-state index contributed by atoms with van der Waals surface area (Å²) < 4.78 is 16.3. The zero-order valence-corrected chi connectivity index (χ0v) is 15.6. The van der Waals surface area contributed by atoms with Gasteiger partial charge in [0.05, 0.1) is 12.0 Å². The molecule has 0 saturated carbocycles. The van der Waals surface area contributed by atoms with Crippen molar-refractivity contribution in [3.8, 4) is 11.5 Å². The molecule has 2 fully saturated rings. The van der Waals surface area contributed by atoms with Crippen LogP contribution < -0.4 is 19.7 Å². The van der Waals surface area contributed by atoms with E-state index in [1.807, 2.05) is 13.0 Å². The van der Waals surface area contributed by atoms with Gasteiger partial charge in [-0.2, -0.15) is 0 Å². The van der Waals surface area contributed by atoms with Gasteiger partial charge in [0.2, 0.25) is 18.6 Å². The quantitative estimate of drug-likeness (QED) is 0.826. The predicted octanol–water partition coefficient (Wildman–Crippen LogP) is 2.23. The van der Waals surface area contributed by atoms with Crippen molar-refractivity contribution in [2.75, 3.05) is 24.8 Å². The van der Waals surface area contributed by atoms with E-state index in [2.05, 4.69) is 5.32 Å². The first-order valence-electron chi connectivity index (χ1n) is 9.72. The Kier molecular flexibility index (Phi) is 5.20. The second kappa shape index (κ2) is 7.76. The summed E-state index contributed by atoms with van der Waals surface area (Å²) in [5.41, 5.74) is 0.742. The summed E-state index contributed by atoms with van der Waals surface area (Å²) in [5, 5.41) is 3.06. The Morgan fingerprint density at radius 2 is 2.19 bits per heavy atom. The average molecular weight is 374 g/mol. The van der Waals surface area contributed by atoms with Gasteiger partial charge in [0.25, 0.3) is 0 Å². The zero-order valence-electron chi connectivity index (χ0n) is 15.6. The van der Waals surface area contributed by atoms with Crippen LogP contribution in [0.15, 0.2) is 18.2 Å². The van der Waals surface area contributed by atoms with Crippen molar-refractivity contribution >= 4 is 17.5 Å². The number of ether oxygens (including phenoxy) is 3. The minimum atomic E-state index is -0.326. The molecule has 7 nitrogen and oxygen atoms in total. The lowest BCUT2D eigenvalue weighted by Crippen LogP contribution is -2.38. The Hall–Kier alpha value is -2.28. The van der Waals surface area contributed by atoms with Crippen LogP contribution in [0.5, 0.6) is 11.5 Å². The highest BCUT2D eigenvalue weighted by molar-refractivity contribution is 6.00. The Morgan fingerprint density at radius 1 is 1.33 bits per heavy atom. The highest BCUT2D eigenvalue weighted by Gasteiger charge is 2.36. The largest absolute Gasteiger partial charge is 0.454 e. The van der Waals surface area contributed by atoms with Gasteiger partial charge in [0.15, 0.2) is 11.5 Å². The van der Waals surface area contributed by atoms with E-state index in [0.717, 1.165) is 38.0 Å². The molecule has 3 aliphatic heterocycles. The van der Waals surface area contributed by atoms with Gasteiger partial charge in [-0.05, 0) is 44.7 Å². The van der Waals surface area contributed by atoms with Crippen molar-refractivity contribution in [1.82, 2.24) is 5.32 Å². The van der Waals surface area contributed by atoms with Crippen LogP contribution in [0.4, 0.5) is 5.69 Å². The molecule has 0 bridgehead atoms. The number of benzene rings is 1. The Labute approximate surface area is 158 Å². The monoisotopic (exact) mass is 374 g/mol. The number of rotatable bonds is 6. The molecule has 4 rings (SSSR count). The summed E-state index contributed by atoms with van der Waals surface area (Å²) in [6.07, 6.45) is 4.67. The van der Waals surface area contributed by atoms with Crippen LogP contribution in [-0.2, 0) is 14.3 Å². The van der Waals surface area contributed by atoms with E-state index in [4.69, 9.17) is 14.2 Å². The lowest BCUT2D eigenvalue weighted by Gasteiger charge is -2.19. The summed E-state index contributed by atoms with van der Waals surface area (Å²) in [7, 11) is 0. The van der Waals surface area contributed by atoms with Gasteiger partial charge in [0, 0.05) is 37.4 Å². The highest BCUT2D eigenvalue weighted by Crippen LogP contribution is 2.37. The lowest BCUT2D eigenvalue weighted by molar-refractivity contribution is -0.126. The summed E-state index contributed by atoms with van der Waals surface area (Å²) in [5.74, 6) is 0.899. The molecule has 3 unspecified atom stereocenters. The molecular formula is C20H26N2O5. The topological polar surface area (TPSA) is 77.1 Å². The molecule has 146 valence electrons. The van der Waals surface area contributed by atoms with E-state index in [9.17, 15) is 9.59 Å². The number of nitrogens with zero attached hydrogens (tertiary/aromatic N) is 1. The van der Waals surface area contributed by atoms with Crippen molar-refractivity contribution in [3.05, 3.63) is 18.2 Å². The number of amides is 2. The number of nitrogens with one attached hydrogen (secondary N) is 1. The van der Waals surface area contributed by atoms with Crippen LogP contribution >= 0.6 is 0 Å². The Balaban J connectivity index is 1.30. The summed E-state index contributed by atoms with van der Waals surface area (Å²) in [6, 6.07) is 5.50. The molecule has 0 aromatic heterocycles. The molecule has 2 saturated heterocycles. The molecular weight excluding hydrogens is 348 g/mol. The van der Waals surface area contributed by atoms with Crippen LogP contribution in [-0.4, -0.2) is 43.9 Å². The molecule has 3 aliphatic rings. The molecule has 0 spiro atoms. The van der Waals surface area contributed by atoms with Gasteiger partial charge in [-0.25, -0.2) is 0 Å². The van der Waals surface area contributed by atoms with Gasteiger partial charge < -0.3 is 24.4 Å². The third-order valence-corrected chi connectivity index (χ3v) is 5.50. The van der Waals surface area contributed by atoms with Crippen molar-refractivity contribution in [1.29, 1.82) is 0 Å².